The fourth-order valence-electron chi connectivity index (χ4n) is 1.94. The summed E-state index contributed by atoms with van der Waals surface area (Å²) in [7, 11) is 0. The van der Waals surface area contributed by atoms with Crippen LogP contribution in [0.5, 0.6) is 0 Å². The van der Waals surface area contributed by atoms with Crippen LogP contribution in [0.2, 0.25) is 0 Å². The van der Waals surface area contributed by atoms with Crippen molar-refractivity contribution in [2.24, 2.45) is 0 Å². The Morgan fingerprint density at radius 1 is 1.46 bits per heavy atom. The number of fused-ring (bicyclic) bond motifs is 1. The van der Waals surface area contributed by atoms with Gasteiger partial charge in [0.2, 0.25) is 0 Å². The van der Waals surface area contributed by atoms with Gasteiger partial charge in [0.15, 0.2) is 0 Å². The Morgan fingerprint density at radius 3 is 3.08 bits per heavy atom. The summed E-state index contributed by atoms with van der Waals surface area (Å²) in [5, 5.41) is 4.47. The van der Waals surface area contributed by atoms with Crippen molar-refractivity contribution >= 4 is 0 Å². The standard InChI is InChI=1S/C10H17N3/c1-3-12-5-4-6-13-10(8-12)7-9(2)11-13/h7H,3-6,8H2,1-2H3. The number of hydrogen-bond donors (Lipinski definition) is 0. The molecule has 3 heteroatoms. The van der Waals surface area contributed by atoms with Crippen LogP contribution in [0.1, 0.15) is 24.7 Å². The van der Waals surface area contributed by atoms with E-state index >= 15 is 0 Å². The molecule has 0 saturated carbocycles. The summed E-state index contributed by atoms with van der Waals surface area (Å²) in [6.07, 6.45) is 1.22. The lowest BCUT2D eigenvalue weighted by Crippen LogP contribution is -2.22. The second-order valence-corrected chi connectivity index (χ2v) is 3.72. The zero-order valence-electron chi connectivity index (χ0n) is 8.45. The Kier molecular flexibility index (Phi) is 2.36. The highest BCUT2D eigenvalue weighted by atomic mass is 15.3. The maximum absolute atomic E-state index is 4.47. The van der Waals surface area contributed by atoms with Crippen molar-refractivity contribution in [1.82, 2.24) is 14.7 Å². The van der Waals surface area contributed by atoms with Gasteiger partial charge in [0, 0.05) is 19.6 Å². The summed E-state index contributed by atoms with van der Waals surface area (Å²) in [6, 6.07) is 2.20. The summed E-state index contributed by atoms with van der Waals surface area (Å²) in [5.41, 5.74) is 2.52. The average molecular weight is 179 g/mol. The second-order valence-electron chi connectivity index (χ2n) is 3.72. The lowest BCUT2D eigenvalue weighted by molar-refractivity contribution is 0.284. The first-order valence-corrected chi connectivity index (χ1v) is 5.05. The Labute approximate surface area is 79.3 Å². The monoisotopic (exact) mass is 179 g/mol. The molecule has 0 saturated heterocycles. The van der Waals surface area contributed by atoms with Crippen LogP contribution in [-0.2, 0) is 13.1 Å². The molecule has 0 atom stereocenters. The van der Waals surface area contributed by atoms with Crippen molar-refractivity contribution in [3.8, 4) is 0 Å². The van der Waals surface area contributed by atoms with Crippen molar-refractivity contribution in [3.05, 3.63) is 17.5 Å². The van der Waals surface area contributed by atoms with Crippen LogP contribution in [-0.4, -0.2) is 27.8 Å². The second kappa shape index (κ2) is 3.50. The third kappa shape index (κ3) is 1.75. The lowest BCUT2D eigenvalue weighted by Gasteiger charge is -2.15. The van der Waals surface area contributed by atoms with Crippen LogP contribution in [0.25, 0.3) is 0 Å². The van der Waals surface area contributed by atoms with Gasteiger partial charge in [-0.25, -0.2) is 0 Å². The van der Waals surface area contributed by atoms with E-state index in [0.29, 0.717) is 0 Å². The van der Waals surface area contributed by atoms with Gasteiger partial charge in [0.1, 0.15) is 0 Å². The van der Waals surface area contributed by atoms with Gasteiger partial charge in [-0.2, -0.15) is 5.10 Å². The van der Waals surface area contributed by atoms with E-state index in [4.69, 9.17) is 0 Å². The SMILES string of the molecule is CCN1CCCn2nc(C)cc2C1. The summed E-state index contributed by atoms with van der Waals surface area (Å²) in [4.78, 5) is 2.47. The fourth-order valence-corrected chi connectivity index (χ4v) is 1.94. The minimum Gasteiger partial charge on any atom is -0.298 e. The zero-order valence-corrected chi connectivity index (χ0v) is 8.45. The fraction of sp³-hybridized carbons (Fsp3) is 0.700. The Bertz CT molecular complexity index is 290. The van der Waals surface area contributed by atoms with Crippen LogP contribution >= 0.6 is 0 Å². The highest BCUT2D eigenvalue weighted by molar-refractivity contribution is 5.09. The number of aryl methyl sites for hydroxylation is 2. The molecule has 2 rings (SSSR count). The zero-order chi connectivity index (χ0) is 9.26. The molecule has 1 aromatic heterocycles. The predicted molar refractivity (Wildman–Crippen MR) is 52.5 cm³/mol. The Hall–Kier alpha value is -0.830. The molecule has 1 aliphatic rings. The Morgan fingerprint density at radius 2 is 2.31 bits per heavy atom. The summed E-state index contributed by atoms with van der Waals surface area (Å²) < 4.78 is 2.16. The van der Waals surface area contributed by atoms with E-state index in [1.807, 2.05) is 0 Å². The molecule has 2 heterocycles. The summed E-state index contributed by atoms with van der Waals surface area (Å²) in [5.74, 6) is 0. The van der Waals surface area contributed by atoms with Crippen LogP contribution in [0, 0.1) is 6.92 Å². The molecule has 0 aliphatic carbocycles. The highest BCUT2D eigenvalue weighted by Gasteiger charge is 2.13. The van der Waals surface area contributed by atoms with Gasteiger partial charge in [-0.15, -0.1) is 0 Å². The van der Waals surface area contributed by atoms with Crippen molar-refractivity contribution in [3.63, 3.8) is 0 Å². The van der Waals surface area contributed by atoms with Crippen molar-refractivity contribution in [2.45, 2.75) is 33.4 Å². The molecular weight excluding hydrogens is 162 g/mol. The summed E-state index contributed by atoms with van der Waals surface area (Å²) in [6.45, 7) is 8.79. The van der Waals surface area contributed by atoms with Gasteiger partial charge < -0.3 is 0 Å². The number of nitrogens with zero attached hydrogens (tertiary/aromatic N) is 3. The van der Waals surface area contributed by atoms with Crippen LogP contribution < -0.4 is 0 Å². The average Bonchev–Trinajstić information content (AvgIpc) is 2.33. The van der Waals surface area contributed by atoms with Gasteiger partial charge in [-0.05, 0) is 26.0 Å². The first-order valence-electron chi connectivity index (χ1n) is 5.05. The molecule has 0 unspecified atom stereocenters. The third-order valence-corrected chi connectivity index (χ3v) is 2.66. The van der Waals surface area contributed by atoms with Gasteiger partial charge in [-0.3, -0.25) is 9.58 Å². The molecule has 1 aliphatic heterocycles. The van der Waals surface area contributed by atoms with E-state index in [1.54, 1.807) is 0 Å². The molecule has 0 radical (unpaired) electrons. The molecule has 1 aromatic rings. The number of aromatic nitrogens is 2. The molecule has 0 amide bonds. The summed E-state index contributed by atoms with van der Waals surface area (Å²) >= 11 is 0. The Balaban J connectivity index is 2.22. The maximum atomic E-state index is 4.47. The van der Waals surface area contributed by atoms with Gasteiger partial charge in [0.25, 0.3) is 0 Å². The quantitative estimate of drug-likeness (QED) is 0.650. The van der Waals surface area contributed by atoms with Crippen molar-refractivity contribution in [1.29, 1.82) is 0 Å². The normalized spacial score (nSPS) is 18.3. The molecule has 0 spiro atoms. The minimum atomic E-state index is 1.07. The van der Waals surface area contributed by atoms with E-state index in [-0.39, 0.29) is 0 Å². The lowest BCUT2D eigenvalue weighted by atomic mass is 10.3. The largest absolute Gasteiger partial charge is 0.298 e. The van der Waals surface area contributed by atoms with Crippen molar-refractivity contribution in [2.75, 3.05) is 13.1 Å². The predicted octanol–water partition coefficient (Wildman–Crippen LogP) is 1.42. The highest BCUT2D eigenvalue weighted by Crippen LogP contribution is 2.12. The van der Waals surface area contributed by atoms with E-state index < -0.39 is 0 Å². The van der Waals surface area contributed by atoms with Crippen LogP contribution in [0.15, 0.2) is 6.07 Å². The van der Waals surface area contributed by atoms with Gasteiger partial charge in [0.05, 0.1) is 11.4 Å². The minimum absolute atomic E-state index is 1.07. The molecule has 3 nitrogen and oxygen atoms in total. The molecule has 0 aromatic carbocycles. The van der Waals surface area contributed by atoms with E-state index in [2.05, 4.69) is 34.6 Å². The topological polar surface area (TPSA) is 21.1 Å². The molecule has 0 fully saturated rings. The molecule has 72 valence electrons. The molecular formula is C10H17N3. The molecule has 0 N–H and O–H groups in total. The van der Waals surface area contributed by atoms with E-state index in [1.165, 1.54) is 18.7 Å². The first kappa shape index (κ1) is 8.75. The van der Waals surface area contributed by atoms with E-state index in [0.717, 1.165) is 25.3 Å². The first-order chi connectivity index (χ1) is 6.29. The van der Waals surface area contributed by atoms with Crippen LogP contribution in [0.3, 0.4) is 0 Å². The third-order valence-electron chi connectivity index (χ3n) is 2.66. The smallest absolute Gasteiger partial charge is 0.0597 e. The van der Waals surface area contributed by atoms with Crippen LogP contribution in [0.4, 0.5) is 0 Å². The van der Waals surface area contributed by atoms with Gasteiger partial charge in [-0.1, -0.05) is 6.92 Å². The number of rotatable bonds is 1. The van der Waals surface area contributed by atoms with E-state index in [9.17, 15) is 0 Å². The number of hydrogen-bond acceptors (Lipinski definition) is 2. The van der Waals surface area contributed by atoms with Gasteiger partial charge >= 0.3 is 0 Å². The molecule has 13 heavy (non-hydrogen) atoms. The maximum Gasteiger partial charge on any atom is 0.0597 e. The van der Waals surface area contributed by atoms with Crippen molar-refractivity contribution < 1.29 is 0 Å². The molecule has 0 bridgehead atoms.